The molecule has 1 aromatic heterocycles. The van der Waals surface area contributed by atoms with E-state index in [9.17, 15) is 0 Å². The molecule has 23 heavy (non-hydrogen) atoms. The smallest absolute Gasteiger partial charge is 0.194 e. The van der Waals surface area contributed by atoms with Crippen LogP contribution in [-0.2, 0) is 26.6 Å². The SMILES string of the molecule is CCNC(=NCc1ccccc1CC)N(C)Cc1ncnn1C. The van der Waals surface area contributed by atoms with E-state index < -0.39 is 0 Å². The molecule has 0 unspecified atom stereocenters. The summed E-state index contributed by atoms with van der Waals surface area (Å²) >= 11 is 0. The number of aliphatic imine (C=N–C) groups is 1. The quantitative estimate of drug-likeness (QED) is 0.654. The van der Waals surface area contributed by atoms with Crippen molar-refractivity contribution in [1.29, 1.82) is 0 Å². The second kappa shape index (κ2) is 8.31. The van der Waals surface area contributed by atoms with Crippen molar-refractivity contribution in [3.8, 4) is 0 Å². The molecule has 124 valence electrons. The Hall–Kier alpha value is -2.37. The van der Waals surface area contributed by atoms with Crippen molar-refractivity contribution in [1.82, 2.24) is 25.0 Å². The fraction of sp³-hybridized carbons (Fsp3) is 0.471. The zero-order valence-electron chi connectivity index (χ0n) is 14.5. The van der Waals surface area contributed by atoms with Gasteiger partial charge in [-0.2, -0.15) is 5.10 Å². The van der Waals surface area contributed by atoms with E-state index in [0.717, 1.165) is 24.7 Å². The monoisotopic (exact) mass is 314 g/mol. The Labute approximate surface area is 138 Å². The molecule has 2 aromatic rings. The van der Waals surface area contributed by atoms with Crippen molar-refractivity contribution >= 4 is 5.96 Å². The topological polar surface area (TPSA) is 58.3 Å². The molecular weight excluding hydrogens is 288 g/mol. The van der Waals surface area contributed by atoms with Gasteiger partial charge in [-0.15, -0.1) is 0 Å². The summed E-state index contributed by atoms with van der Waals surface area (Å²) in [5.74, 6) is 1.79. The number of nitrogens with zero attached hydrogens (tertiary/aromatic N) is 5. The van der Waals surface area contributed by atoms with E-state index in [-0.39, 0.29) is 0 Å². The van der Waals surface area contributed by atoms with Crippen LogP contribution < -0.4 is 5.32 Å². The normalized spacial score (nSPS) is 11.6. The van der Waals surface area contributed by atoms with Gasteiger partial charge < -0.3 is 10.2 Å². The first-order valence-corrected chi connectivity index (χ1v) is 8.04. The van der Waals surface area contributed by atoms with E-state index >= 15 is 0 Å². The Kier molecular flexibility index (Phi) is 6.14. The van der Waals surface area contributed by atoms with Crippen LogP contribution in [0.5, 0.6) is 0 Å². The van der Waals surface area contributed by atoms with Crippen LogP contribution in [0.3, 0.4) is 0 Å². The molecule has 1 N–H and O–H groups in total. The number of aryl methyl sites for hydroxylation is 2. The van der Waals surface area contributed by atoms with E-state index in [1.54, 1.807) is 11.0 Å². The maximum absolute atomic E-state index is 4.78. The molecule has 1 aromatic carbocycles. The second-order valence-corrected chi connectivity index (χ2v) is 5.45. The molecule has 2 rings (SSSR count). The third-order valence-electron chi connectivity index (χ3n) is 3.78. The first-order chi connectivity index (χ1) is 11.2. The van der Waals surface area contributed by atoms with Crippen LogP contribution in [0.2, 0.25) is 0 Å². The van der Waals surface area contributed by atoms with Crippen molar-refractivity contribution in [2.75, 3.05) is 13.6 Å². The highest BCUT2D eigenvalue weighted by atomic mass is 15.4. The summed E-state index contributed by atoms with van der Waals surface area (Å²) in [6.07, 6.45) is 2.60. The fourth-order valence-corrected chi connectivity index (χ4v) is 2.44. The van der Waals surface area contributed by atoms with E-state index in [1.807, 2.05) is 14.1 Å². The molecule has 0 spiro atoms. The van der Waals surface area contributed by atoms with Gasteiger partial charge in [0.2, 0.25) is 0 Å². The summed E-state index contributed by atoms with van der Waals surface area (Å²) in [5.41, 5.74) is 2.63. The molecule has 0 aliphatic carbocycles. The summed E-state index contributed by atoms with van der Waals surface area (Å²) in [7, 11) is 3.92. The van der Waals surface area contributed by atoms with Gasteiger partial charge in [-0.3, -0.25) is 4.68 Å². The van der Waals surface area contributed by atoms with E-state index in [4.69, 9.17) is 4.99 Å². The average molecular weight is 314 g/mol. The van der Waals surface area contributed by atoms with Crippen LogP contribution in [0.4, 0.5) is 0 Å². The van der Waals surface area contributed by atoms with Gasteiger partial charge in [0.15, 0.2) is 5.96 Å². The lowest BCUT2D eigenvalue weighted by Gasteiger charge is -2.21. The number of aromatic nitrogens is 3. The minimum atomic E-state index is 0.664. The summed E-state index contributed by atoms with van der Waals surface area (Å²) in [6, 6.07) is 8.47. The zero-order valence-corrected chi connectivity index (χ0v) is 14.5. The Morgan fingerprint density at radius 3 is 2.61 bits per heavy atom. The first-order valence-electron chi connectivity index (χ1n) is 8.04. The standard InChI is InChI=1S/C17H26N6/c1-5-14-9-7-8-10-15(14)11-19-17(18-6-2)22(3)12-16-20-13-21-23(16)4/h7-10,13H,5-6,11-12H2,1-4H3,(H,18,19). The van der Waals surface area contributed by atoms with Gasteiger partial charge in [-0.25, -0.2) is 9.98 Å². The Bertz CT molecular complexity index is 646. The van der Waals surface area contributed by atoms with Gasteiger partial charge in [-0.1, -0.05) is 31.2 Å². The molecule has 0 saturated carbocycles. The fourth-order valence-electron chi connectivity index (χ4n) is 2.44. The van der Waals surface area contributed by atoms with Crippen molar-refractivity contribution < 1.29 is 0 Å². The molecule has 6 heteroatoms. The van der Waals surface area contributed by atoms with Crippen LogP contribution in [0.15, 0.2) is 35.6 Å². The van der Waals surface area contributed by atoms with Gasteiger partial charge in [0, 0.05) is 20.6 Å². The molecule has 0 amide bonds. The second-order valence-electron chi connectivity index (χ2n) is 5.45. The number of guanidine groups is 1. The van der Waals surface area contributed by atoms with Crippen molar-refractivity contribution in [3.05, 3.63) is 47.5 Å². The van der Waals surface area contributed by atoms with Crippen LogP contribution in [-0.4, -0.2) is 39.2 Å². The van der Waals surface area contributed by atoms with Crippen molar-refractivity contribution in [2.45, 2.75) is 33.4 Å². The predicted molar refractivity (Wildman–Crippen MR) is 93.1 cm³/mol. The summed E-state index contributed by atoms with van der Waals surface area (Å²) < 4.78 is 1.78. The van der Waals surface area contributed by atoms with Crippen molar-refractivity contribution in [2.24, 2.45) is 12.0 Å². The lowest BCUT2D eigenvalue weighted by atomic mass is 10.1. The Balaban J connectivity index is 2.11. The summed E-state index contributed by atoms with van der Waals surface area (Å²) in [5, 5.41) is 7.45. The Morgan fingerprint density at radius 1 is 1.26 bits per heavy atom. The molecule has 1 heterocycles. The number of rotatable bonds is 6. The lowest BCUT2D eigenvalue weighted by molar-refractivity contribution is 0.448. The number of nitrogens with one attached hydrogen (secondary N) is 1. The van der Waals surface area contributed by atoms with Gasteiger partial charge in [0.25, 0.3) is 0 Å². The largest absolute Gasteiger partial charge is 0.357 e. The van der Waals surface area contributed by atoms with Crippen LogP contribution in [0.25, 0.3) is 0 Å². The number of benzene rings is 1. The lowest BCUT2D eigenvalue weighted by Crippen LogP contribution is -2.39. The number of hydrogen-bond acceptors (Lipinski definition) is 3. The molecule has 0 fully saturated rings. The van der Waals surface area contributed by atoms with E-state index in [0.29, 0.717) is 13.1 Å². The highest BCUT2D eigenvalue weighted by Crippen LogP contribution is 2.11. The maximum Gasteiger partial charge on any atom is 0.194 e. The molecule has 0 radical (unpaired) electrons. The highest BCUT2D eigenvalue weighted by molar-refractivity contribution is 5.79. The third-order valence-corrected chi connectivity index (χ3v) is 3.78. The van der Waals surface area contributed by atoms with Crippen LogP contribution >= 0.6 is 0 Å². The van der Waals surface area contributed by atoms with Crippen LogP contribution in [0.1, 0.15) is 30.8 Å². The van der Waals surface area contributed by atoms with Crippen molar-refractivity contribution in [3.63, 3.8) is 0 Å². The molecule has 0 saturated heterocycles. The van der Waals surface area contributed by atoms with Gasteiger partial charge in [-0.05, 0) is 24.5 Å². The van der Waals surface area contributed by atoms with Gasteiger partial charge in [0.1, 0.15) is 12.2 Å². The van der Waals surface area contributed by atoms with Gasteiger partial charge in [0.05, 0.1) is 13.1 Å². The third kappa shape index (κ3) is 4.55. The number of hydrogen-bond donors (Lipinski definition) is 1. The molecule has 6 nitrogen and oxygen atoms in total. The average Bonchev–Trinajstić information content (AvgIpc) is 2.96. The maximum atomic E-state index is 4.78. The van der Waals surface area contributed by atoms with Crippen LogP contribution in [0, 0.1) is 0 Å². The molecule has 0 atom stereocenters. The first kappa shape index (κ1) is 17.0. The van der Waals surface area contributed by atoms with Gasteiger partial charge >= 0.3 is 0 Å². The summed E-state index contributed by atoms with van der Waals surface area (Å²) in [6.45, 7) is 6.42. The molecule has 0 aliphatic rings. The van der Waals surface area contributed by atoms with E-state index in [1.165, 1.54) is 11.1 Å². The Morgan fingerprint density at radius 2 is 2.00 bits per heavy atom. The highest BCUT2D eigenvalue weighted by Gasteiger charge is 2.10. The molecule has 0 bridgehead atoms. The molecular formula is C17H26N6. The predicted octanol–water partition coefficient (Wildman–Crippen LogP) is 1.98. The molecule has 0 aliphatic heterocycles. The summed E-state index contributed by atoms with van der Waals surface area (Å²) in [4.78, 5) is 11.1. The minimum Gasteiger partial charge on any atom is -0.357 e. The zero-order chi connectivity index (χ0) is 16.7. The minimum absolute atomic E-state index is 0.664. The van der Waals surface area contributed by atoms with E-state index in [2.05, 4.69) is 58.4 Å².